The van der Waals surface area contributed by atoms with Crippen molar-refractivity contribution in [2.45, 2.75) is 39.2 Å². The van der Waals surface area contributed by atoms with Gasteiger partial charge in [0.25, 0.3) is 0 Å². The molecule has 0 aliphatic heterocycles. The number of rotatable bonds is 8. The molecule has 1 unspecified atom stereocenters. The molecule has 5 heteroatoms. The number of sulfone groups is 1. The molecular weight excluding hydrogens is 274 g/mol. The minimum atomic E-state index is -2.92. The molecular formula is C15H25NO3S. The normalized spacial score (nSPS) is 13.2. The fourth-order valence-corrected chi connectivity index (χ4v) is 2.64. The summed E-state index contributed by atoms with van der Waals surface area (Å²) < 4.78 is 28.0. The van der Waals surface area contributed by atoms with Gasteiger partial charge in [0.05, 0.1) is 12.4 Å². The first-order valence-corrected chi connectivity index (χ1v) is 9.04. The summed E-state index contributed by atoms with van der Waals surface area (Å²) in [5.74, 6) is 1.01. The van der Waals surface area contributed by atoms with Crippen LogP contribution in [0.1, 0.15) is 30.9 Å². The van der Waals surface area contributed by atoms with Gasteiger partial charge in [0.2, 0.25) is 0 Å². The highest BCUT2D eigenvalue weighted by Gasteiger charge is 2.10. The predicted octanol–water partition coefficient (Wildman–Crippen LogP) is 2.09. The number of hydrogen-bond donors (Lipinski definition) is 1. The van der Waals surface area contributed by atoms with Gasteiger partial charge < -0.3 is 10.5 Å². The summed E-state index contributed by atoms with van der Waals surface area (Å²) in [6.07, 6.45) is 3.44. The van der Waals surface area contributed by atoms with Crippen molar-refractivity contribution in [3.8, 4) is 5.75 Å². The molecule has 20 heavy (non-hydrogen) atoms. The third-order valence-electron chi connectivity index (χ3n) is 3.21. The molecule has 0 saturated heterocycles. The summed E-state index contributed by atoms with van der Waals surface area (Å²) in [4.78, 5) is 0. The molecule has 1 rings (SSSR count). The molecule has 0 aliphatic rings. The molecule has 0 radical (unpaired) electrons. The summed E-state index contributed by atoms with van der Waals surface area (Å²) in [5, 5.41) is 0. The van der Waals surface area contributed by atoms with Gasteiger partial charge in [0, 0.05) is 12.3 Å². The Morgan fingerprint density at radius 1 is 1.35 bits per heavy atom. The first-order chi connectivity index (χ1) is 9.33. The maximum atomic E-state index is 11.1. The van der Waals surface area contributed by atoms with E-state index in [1.165, 1.54) is 6.26 Å². The molecule has 0 heterocycles. The number of hydrogen-bond acceptors (Lipinski definition) is 4. The van der Waals surface area contributed by atoms with Crippen molar-refractivity contribution in [3.63, 3.8) is 0 Å². The Morgan fingerprint density at radius 2 is 2.05 bits per heavy atom. The highest BCUT2D eigenvalue weighted by Crippen LogP contribution is 2.25. The second kappa shape index (κ2) is 7.64. The number of para-hydroxylation sites is 1. The van der Waals surface area contributed by atoms with Crippen molar-refractivity contribution < 1.29 is 13.2 Å². The molecule has 0 spiro atoms. The summed E-state index contributed by atoms with van der Waals surface area (Å²) in [5.41, 5.74) is 8.16. The Bertz CT molecular complexity index is 526. The van der Waals surface area contributed by atoms with Crippen LogP contribution in [0.3, 0.4) is 0 Å². The van der Waals surface area contributed by atoms with Crippen molar-refractivity contribution in [3.05, 3.63) is 29.3 Å². The molecule has 1 atom stereocenters. The van der Waals surface area contributed by atoms with Crippen LogP contribution in [0.4, 0.5) is 0 Å². The van der Waals surface area contributed by atoms with Crippen LogP contribution in [0, 0.1) is 6.92 Å². The average Bonchev–Trinajstić information content (AvgIpc) is 2.35. The van der Waals surface area contributed by atoms with E-state index in [1.807, 2.05) is 25.1 Å². The van der Waals surface area contributed by atoms with Gasteiger partial charge >= 0.3 is 0 Å². The molecule has 2 N–H and O–H groups in total. The summed E-state index contributed by atoms with van der Waals surface area (Å²) in [6.45, 7) is 4.46. The fraction of sp³-hybridized carbons (Fsp3) is 0.600. The van der Waals surface area contributed by atoms with E-state index in [0.717, 1.165) is 29.7 Å². The Kier molecular flexibility index (Phi) is 6.49. The molecule has 114 valence electrons. The first-order valence-electron chi connectivity index (χ1n) is 6.98. The molecule has 0 saturated carbocycles. The Balaban J connectivity index is 2.68. The van der Waals surface area contributed by atoms with Crippen LogP contribution in [0.15, 0.2) is 18.2 Å². The van der Waals surface area contributed by atoms with Gasteiger partial charge in [-0.3, -0.25) is 0 Å². The van der Waals surface area contributed by atoms with E-state index in [1.54, 1.807) is 0 Å². The Hall–Kier alpha value is -1.07. The lowest BCUT2D eigenvalue weighted by atomic mass is 10.0. The second-order valence-corrected chi connectivity index (χ2v) is 7.53. The van der Waals surface area contributed by atoms with Gasteiger partial charge in [-0.2, -0.15) is 0 Å². The van der Waals surface area contributed by atoms with E-state index in [0.29, 0.717) is 13.0 Å². The molecule has 4 nitrogen and oxygen atoms in total. The molecule has 1 aromatic carbocycles. The molecule has 0 bridgehead atoms. The molecule has 0 aliphatic carbocycles. The highest BCUT2D eigenvalue weighted by molar-refractivity contribution is 7.90. The third-order valence-corrected chi connectivity index (χ3v) is 4.24. The maximum absolute atomic E-state index is 11.1. The van der Waals surface area contributed by atoms with Crippen LogP contribution in [-0.2, 0) is 16.3 Å². The van der Waals surface area contributed by atoms with Crippen LogP contribution in [0.25, 0.3) is 0 Å². The molecule has 0 aromatic heterocycles. The molecule has 0 fully saturated rings. The largest absolute Gasteiger partial charge is 0.493 e. The van der Waals surface area contributed by atoms with Gasteiger partial charge in [-0.1, -0.05) is 25.1 Å². The van der Waals surface area contributed by atoms with Crippen LogP contribution >= 0.6 is 0 Å². The standard InChI is InChI=1S/C15H25NO3S/c1-4-14(16)11-13-8-5-7-12(2)15(13)19-9-6-10-20(3,17)18/h5,7-8,14H,4,6,9-11,16H2,1-3H3. The smallest absolute Gasteiger partial charge is 0.147 e. The van der Waals surface area contributed by atoms with E-state index >= 15 is 0 Å². The Morgan fingerprint density at radius 3 is 2.65 bits per heavy atom. The van der Waals surface area contributed by atoms with E-state index in [-0.39, 0.29) is 11.8 Å². The lowest BCUT2D eigenvalue weighted by Crippen LogP contribution is -2.22. The van der Waals surface area contributed by atoms with Crippen molar-refractivity contribution in [1.82, 2.24) is 0 Å². The minimum absolute atomic E-state index is 0.121. The van der Waals surface area contributed by atoms with Crippen LogP contribution in [0.5, 0.6) is 5.75 Å². The van der Waals surface area contributed by atoms with Crippen molar-refractivity contribution >= 4 is 9.84 Å². The quantitative estimate of drug-likeness (QED) is 0.746. The zero-order valence-electron chi connectivity index (χ0n) is 12.6. The highest BCUT2D eigenvalue weighted by atomic mass is 32.2. The first kappa shape index (κ1) is 17.0. The van der Waals surface area contributed by atoms with Crippen molar-refractivity contribution in [1.29, 1.82) is 0 Å². The van der Waals surface area contributed by atoms with Crippen LogP contribution in [0.2, 0.25) is 0 Å². The van der Waals surface area contributed by atoms with Crippen molar-refractivity contribution in [2.75, 3.05) is 18.6 Å². The van der Waals surface area contributed by atoms with E-state index in [2.05, 4.69) is 6.92 Å². The lowest BCUT2D eigenvalue weighted by Gasteiger charge is -2.16. The van der Waals surface area contributed by atoms with Gasteiger partial charge in [-0.05, 0) is 37.3 Å². The number of benzene rings is 1. The number of nitrogens with two attached hydrogens (primary N) is 1. The van der Waals surface area contributed by atoms with Crippen LogP contribution < -0.4 is 10.5 Å². The fourth-order valence-electron chi connectivity index (χ4n) is 2.00. The monoisotopic (exact) mass is 299 g/mol. The van der Waals surface area contributed by atoms with Crippen molar-refractivity contribution in [2.24, 2.45) is 5.73 Å². The topological polar surface area (TPSA) is 69.4 Å². The zero-order valence-corrected chi connectivity index (χ0v) is 13.4. The summed E-state index contributed by atoms with van der Waals surface area (Å²) in [6, 6.07) is 6.13. The third kappa shape index (κ3) is 5.92. The predicted molar refractivity (Wildman–Crippen MR) is 83.0 cm³/mol. The van der Waals surface area contributed by atoms with Gasteiger partial charge in [0.15, 0.2) is 0 Å². The van der Waals surface area contributed by atoms with Gasteiger partial charge in [0.1, 0.15) is 15.6 Å². The minimum Gasteiger partial charge on any atom is -0.493 e. The maximum Gasteiger partial charge on any atom is 0.147 e. The summed E-state index contributed by atoms with van der Waals surface area (Å²) in [7, 11) is -2.92. The van der Waals surface area contributed by atoms with E-state index in [9.17, 15) is 8.42 Å². The number of aryl methyl sites for hydroxylation is 1. The average molecular weight is 299 g/mol. The van der Waals surface area contributed by atoms with Gasteiger partial charge in [-0.25, -0.2) is 8.42 Å². The van der Waals surface area contributed by atoms with E-state index < -0.39 is 9.84 Å². The summed E-state index contributed by atoms with van der Waals surface area (Å²) >= 11 is 0. The SMILES string of the molecule is CCC(N)Cc1cccc(C)c1OCCCS(C)(=O)=O. The van der Waals surface area contributed by atoms with Crippen LogP contribution in [-0.4, -0.2) is 33.1 Å². The number of ether oxygens (including phenoxy) is 1. The Labute approximate surface area is 122 Å². The van der Waals surface area contributed by atoms with Gasteiger partial charge in [-0.15, -0.1) is 0 Å². The molecule has 1 aromatic rings. The lowest BCUT2D eigenvalue weighted by molar-refractivity contribution is 0.311. The second-order valence-electron chi connectivity index (χ2n) is 5.27. The van der Waals surface area contributed by atoms with E-state index in [4.69, 9.17) is 10.5 Å². The zero-order chi connectivity index (χ0) is 15.2. The molecule has 0 amide bonds.